The number of phenolic OH excluding ortho intramolecular Hbond substituents is 1. The molecule has 1 aliphatic heterocycles. The van der Waals surface area contributed by atoms with E-state index in [1.54, 1.807) is 49.6 Å². The Morgan fingerprint density at radius 2 is 2.04 bits per heavy atom. The quantitative estimate of drug-likeness (QED) is 0.511. The average Bonchev–Trinajstić information content (AvgIpc) is 3.03. The molecule has 0 aromatic heterocycles. The van der Waals surface area contributed by atoms with Gasteiger partial charge in [-0.25, -0.2) is 0 Å². The number of amides is 2. The van der Waals surface area contributed by atoms with Crippen molar-refractivity contribution in [2.75, 3.05) is 12.4 Å². The summed E-state index contributed by atoms with van der Waals surface area (Å²) >= 11 is 1.14. The molecule has 8 nitrogen and oxygen atoms in total. The molecular weight excluding hydrogens is 380 g/mol. The zero-order valence-corrected chi connectivity index (χ0v) is 15.8. The second-order valence-corrected chi connectivity index (χ2v) is 6.98. The van der Waals surface area contributed by atoms with E-state index >= 15 is 0 Å². The molecule has 144 valence electrons. The summed E-state index contributed by atoms with van der Waals surface area (Å²) in [5.41, 5.74) is 1.13. The van der Waals surface area contributed by atoms with Crippen molar-refractivity contribution < 1.29 is 19.4 Å². The summed E-state index contributed by atoms with van der Waals surface area (Å²) < 4.78 is 5.07. The van der Waals surface area contributed by atoms with Crippen LogP contribution < -0.4 is 15.4 Å². The number of phenols is 1. The van der Waals surface area contributed by atoms with Crippen molar-refractivity contribution in [3.63, 3.8) is 0 Å². The van der Waals surface area contributed by atoms with Gasteiger partial charge < -0.3 is 20.5 Å². The van der Waals surface area contributed by atoms with Crippen LogP contribution in [0.25, 0.3) is 0 Å². The van der Waals surface area contributed by atoms with Crippen molar-refractivity contribution in [2.45, 2.75) is 11.7 Å². The molecule has 2 aromatic carbocycles. The number of para-hydroxylation sites is 1. The van der Waals surface area contributed by atoms with Crippen molar-refractivity contribution in [2.24, 2.45) is 10.2 Å². The van der Waals surface area contributed by atoms with Crippen LogP contribution in [0.15, 0.2) is 58.7 Å². The van der Waals surface area contributed by atoms with E-state index in [1.807, 2.05) is 0 Å². The van der Waals surface area contributed by atoms with Gasteiger partial charge in [-0.3, -0.25) is 9.59 Å². The molecule has 0 unspecified atom stereocenters. The fraction of sp³-hybridized carbons (Fsp3) is 0.158. The topological polar surface area (TPSA) is 112 Å². The smallest absolute Gasteiger partial charge is 0.240 e. The summed E-state index contributed by atoms with van der Waals surface area (Å²) in [6.07, 6.45) is 1.39. The molecule has 9 heteroatoms. The minimum absolute atomic E-state index is 0.00470. The third kappa shape index (κ3) is 5.10. The second kappa shape index (κ2) is 9.05. The van der Waals surface area contributed by atoms with Gasteiger partial charge in [-0.2, -0.15) is 5.10 Å². The SMILES string of the molecule is COc1ccc(NC(=O)C[C@H]2S/C(=N\N=C/c3ccccc3O)NC2=O)cc1. The van der Waals surface area contributed by atoms with Crippen molar-refractivity contribution >= 4 is 40.6 Å². The molecule has 2 amide bonds. The first kappa shape index (κ1) is 19.4. The molecular formula is C19H18N4O4S. The van der Waals surface area contributed by atoms with Crippen LogP contribution >= 0.6 is 11.8 Å². The predicted molar refractivity (Wildman–Crippen MR) is 109 cm³/mol. The Balaban J connectivity index is 1.55. The van der Waals surface area contributed by atoms with E-state index in [9.17, 15) is 14.7 Å². The van der Waals surface area contributed by atoms with Crippen LogP contribution in [0.4, 0.5) is 5.69 Å². The van der Waals surface area contributed by atoms with E-state index in [2.05, 4.69) is 20.8 Å². The fourth-order valence-corrected chi connectivity index (χ4v) is 3.31. The predicted octanol–water partition coefficient (Wildman–Crippen LogP) is 2.35. The number of nitrogens with one attached hydrogen (secondary N) is 2. The highest BCUT2D eigenvalue weighted by Crippen LogP contribution is 2.23. The number of nitrogens with zero attached hydrogens (tertiary/aromatic N) is 2. The van der Waals surface area contributed by atoms with Gasteiger partial charge in [-0.1, -0.05) is 23.9 Å². The number of anilines is 1. The highest BCUT2D eigenvalue weighted by atomic mass is 32.2. The Morgan fingerprint density at radius 1 is 1.29 bits per heavy atom. The molecule has 3 N–H and O–H groups in total. The summed E-state index contributed by atoms with van der Waals surface area (Å²) in [7, 11) is 1.56. The Kier molecular flexibility index (Phi) is 6.28. The van der Waals surface area contributed by atoms with Crippen LogP contribution in [-0.4, -0.2) is 40.7 Å². The van der Waals surface area contributed by atoms with Gasteiger partial charge in [-0.15, -0.1) is 5.10 Å². The number of ether oxygens (including phenoxy) is 1. The van der Waals surface area contributed by atoms with Gasteiger partial charge in [0.05, 0.1) is 13.3 Å². The standard InChI is InChI=1S/C19H18N4O4S/c1-27-14-8-6-13(7-9-14)21-17(25)10-16-18(26)22-19(28-16)23-20-11-12-4-2-3-5-15(12)24/h2-9,11,16,24H,10H2,1H3,(H,21,25)(H,22,23,26)/b20-11-/t16-/m1/s1. The molecule has 1 fully saturated rings. The maximum absolute atomic E-state index is 12.2. The van der Waals surface area contributed by atoms with Crippen molar-refractivity contribution in [3.8, 4) is 11.5 Å². The third-order valence-electron chi connectivity index (χ3n) is 3.80. The number of carbonyl (C=O) groups is 2. The molecule has 1 heterocycles. The molecule has 0 bridgehead atoms. The normalized spacial score (nSPS) is 17.7. The minimum atomic E-state index is -0.586. The van der Waals surface area contributed by atoms with E-state index < -0.39 is 5.25 Å². The average molecular weight is 398 g/mol. The number of hydrogen-bond donors (Lipinski definition) is 3. The molecule has 1 aliphatic rings. The highest BCUT2D eigenvalue weighted by molar-refractivity contribution is 8.15. The van der Waals surface area contributed by atoms with Gasteiger partial charge in [-0.05, 0) is 36.4 Å². The minimum Gasteiger partial charge on any atom is -0.507 e. The molecule has 2 aromatic rings. The van der Waals surface area contributed by atoms with Crippen LogP contribution in [0.1, 0.15) is 12.0 Å². The maximum Gasteiger partial charge on any atom is 0.240 e. The number of hydrogen-bond acceptors (Lipinski definition) is 7. The van der Waals surface area contributed by atoms with Gasteiger partial charge >= 0.3 is 0 Å². The first-order chi connectivity index (χ1) is 13.5. The van der Waals surface area contributed by atoms with E-state index in [0.29, 0.717) is 22.2 Å². The zero-order chi connectivity index (χ0) is 19.9. The van der Waals surface area contributed by atoms with E-state index in [1.165, 1.54) is 12.3 Å². The summed E-state index contributed by atoms with van der Waals surface area (Å²) in [6, 6.07) is 13.6. The summed E-state index contributed by atoms with van der Waals surface area (Å²) in [6.45, 7) is 0. The number of carbonyl (C=O) groups excluding carboxylic acids is 2. The zero-order valence-electron chi connectivity index (χ0n) is 15.0. The molecule has 0 radical (unpaired) electrons. The lowest BCUT2D eigenvalue weighted by Gasteiger charge is -2.08. The number of aromatic hydroxyl groups is 1. The van der Waals surface area contributed by atoms with Crippen LogP contribution in [0.3, 0.4) is 0 Å². The summed E-state index contributed by atoms with van der Waals surface area (Å²) in [4.78, 5) is 24.2. The van der Waals surface area contributed by atoms with Gasteiger partial charge in [0.1, 0.15) is 16.7 Å². The number of amidine groups is 1. The first-order valence-corrected chi connectivity index (χ1v) is 9.23. The number of methoxy groups -OCH3 is 1. The van der Waals surface area contributed by atoms with Crippen molar-refractivity contribution in [1.82, 2.24) is 5.32 Å². The van der Waals surface area contributed by atoms with Crippen LogP contribution in [-0.2, 0) is 9.59 Å². The number of rotatable bonds is 6. The first-order valence-electron chi connectivity index (χ1n) is 8.35. The van der Waals surface area contributed by atoms with Gasteiger partial charge in [0.25, 0.3) is 0 Å². The monoisotopic (exact) mass is 398 g/mol. The lowest BCUT2D eigenvalue weighted by atomic mass is 10.2. The highest BCUT2D eigenvalue weighted by Gasteiger charge is 2.32. The van der Waals surface area contributed by atoms with Crippen LogP contribution in [0.2, 0.25) is 0 Å². The molecule has 0 aliphatic carbocycles. The summed E-state index contributed by atoms with van der Waals surface area (Å²) in [5.74, 6) is 0.194. The van der Waals surface area contributed by atoms with Gasteiger partial charge in [0.15, 0.2) is 5.17 Å². The van der Waals surface area contributed by atoms with Crippen LogP contribution in [0, 0.1) is 0 Å². The van der Waals surface area contributed by atoms with Gasteiger partial charge in [0.2, 0.25) is 11.8 Å². The molecule has 0 spiro atoms. The Morgan fingerprint density at radius 3 is 2.75 bits per heavy atom. The fourth-order valence-electron chi connectivity index (χ4n) is 2.38. The molecule has 1 atom stereocenters. The second-order valence-electron chi connectivity index (χ2n) is 5.79. The Bertz CT molecular complexity index is 928. The van der Waals surface area contributed by atoms with Crippen molar-refractivity contribution in [1.29, 1.82) is 0 Å². The maximum atomic E-state index is 12.2. The largest absolute Gasteiger partial charge is 0.507 e. The number of benzene rings is 2. The Hall–Kier alpha value is -3.33. The molecule has 3 rings (SSSR count). The lowest BCUT2D eigenvalue weighted by molar-refractivity contribution is -0.122. The van der Waals surface area contributed by atoms with E-state index in [-0.39, 0.29) is 24.0 Å². The van der Waals surface area contributed by atoms with E-state index in [0.717, 1.165) is 11.8 Å². The number of thioether (sulfide) groups is 1. The van der Waals surface area contributed by atoms with Crippen LogP contribution in [0.5, 0.6) is 11.5 Å². The Labute approximate surface area is 165 Å². The van der Waals surface area contributed by atoms with E-state index in [4.69, 9.17) is 4.74 Å². The third-order valence-corrected chi connectivity index (χ3v) is 4.88. The van der Waals surface area contributed by atoms with Gasteiger partial charge in [0, 0.05) is 17.7 Å². The summed E-state index contributed by atoms with van der Waals surface area (Å²) in [5, 5.41) is 22.5. The van der Waals surface area contributed by atoms with Crippen molar-refractivity contribution in [3.05, 3.63) is 54.1 Å². The molecule has 1 saturated heterocycles. The molecule has 28 heavy (non-hydrogen) atoms. The molecule has 0 saturated carbocycles. The lowest BCUT2D eigenvalue weighted by Crippen LogP contribution is -2.28.